The molecule has 3 rings (SSSR count). The number of hydrogen-bond donors (Lipinski definition) is 2. The molecule has 1 aliphatic carbocycles. The highest BCUT2D eigenvalue weighted by molar-refractivity contribution is 7.08. The van der Waals surface area contributed by atoms with Crippen LogP contribution >= 0.6 is 11.3 Å². The van der Waals surface area contributed by atoms with Gasteiger partial charge in [0, 0.05) is 18.0 Å². The van der Waals surface area contributed by atoms with Gasteiger partial charge in [0.1, 0.15) is 5.69 Å². The lowest BCUT2D eigenvalue weighted by molar-refractivity contribution is -0.384. The van der Waals surface area contributed by atoms with Crippen LogP contribution in [0.2, 0.25) is 0 Å². The first kappa shape index (κ1) is 19.0. The summed E-state index contributed by atoms with van der Waals surface area (Å²) in [6, 6.07) is 6.50. The van der Waals surface area contributed by atoms with E-state index in [1.54, 1.807) is 24.3 Å². The molecule has 0 spiro atoms. The van der Waals surface area contributed by atoms with Crippen molar-refractivity contribution in [2.45, 2.75) is 38.0 Å². The Morgan fingerprint density at radius 1 is 1.22 bits per heavy atom. The first-order valence-corrected chi connectivity index (χ1v) is 9.72. The Bertz CT molecular complexity index is 858. The van der Waals surface area contributed by atoms with Crippen molar-refractivity contribution in [2.75, 3.05) is 11.9 Å². The van der Waals surface area contributed by atoms with Gasteiger partial charge >= 0.3 is 11.8 Å². The topological polar surface area (TPSA) is 101 Å². The number of nitrogens with one attached hydrogen (secondary N) is 2. The zero-order valence-electron chi connectivity index (χ0n) is 15.0. The summed E-state index contributed by atoms with van der Waals surface area (Å²) in [5, 5.41) is 20.3. The highest BCUT2D eigenvalue weighted by Gasteiger charge is 2.36. The van der Waals surface area contributed by atoms with Crippen LogP contribution in [0, 0.1) is 17.0 Å². The van der Waals surface area contributed by atoms with Crippen LogP contribution in [0.5, 0.6) is 0 Å². The second kappa shape index (κ2) is 7.87. The first-order valence-electron chi connectivity index (χ1n) is 8.78. The molecule has 0 aliphatic heterocycles. The number of nitro benzene ring substituents is 1. The van der Waals surface area contributed by atoms with Gasteiger partial charge in [-0.15, -0.1) is 0 Å². The highest BCUT2D eigenvalue weighted by atomic mass is 32.1. The van der Waals surface area contributed by atoms with Gasteiger partial charge in [0.15, 0.2) is 0 Å². The largest absolute Gasteiger partial charge is 0.347 e. The number of thiophene rings is 1. The van der Waals surface area contributed by atoms with Crippen molar-refractivity contribution in [3.05, 3.63) is 56.3 Å². The molecule has 0 bridgehead atoms. The Labute approximate surface area is 160 Å². The van der Waals surface area contributed by atoms with Gasteiger partial charge in [0.05, 0.1) is 4.92 Å². The quantitative estimate of drug-likeness (QED) is 0.465. The van der Waals surface area contributed by atoms with E-state index in [4.69, 9.17) is 0 Å². The summed E-state index contributed by atoms with van der Waals surface area (Å²) in [5.74, 6) is -1.69. The lowest BCUT2D eigenvalue weighted by atomic mass is 9.80. The zero-order valence-corrected chi connectivity index (χ0v) is 15.8. The monoisotopic (exact) mass is 387 g/mol. The minimum atomic E-state index is -0.902. The summed E-state index contributed by atoms with van der Waals surface area (Å²) in [7, 11) is 0. The number of anilines is 1. The number of rotatable bonds is 5. The van der Waals surface area contributed by atoms with E-state index in [1.165, 1.54) is 17.7 Å². The zero-order chi connectivity index (χ0) is 19.4. The van der Waals surface area contributed by atoms with E-state index in [2.05, 4.69) is 22.1 Å². The third-order valence-corrected chi connectivity index (χ3v) is 5.77. The molecule has 142 valence electrons. The second-order valence-corrected chi connectivity index (χ2v) is 7.69. The fraction of sp³-hybridized carbons (Fsp3) is 0.368. The summed E-state index contributed by atoms with van der Waals surface area (Å²) in [5.41, 5.74) is 1.54. The SMILES string of the molecule is Cc1ccc(NC(=O)C(=O)NCC2(c3ccsc3)CCCC2)c([N+](=O)[O-])c1. The molecular formula is C19H21N3O4S. The van der Waals surface area contributed by atoms with Gasteiger partial charge in [0.25, 0.3) is 5.69 Å². The van der Waals surface area contributed by atoms with Crippen LogP contribution < -0.4 is 10.6 Å². The Balaban J connectivity index is 1.66. The van der Waals surface area contributed by atoms with Gasteiger partial charge in [-0.3, -0.25) is 19.7 Å². The molecule has 27 heavy (non-hydrogen) atoms. The summed E-state index contributed by atoms with van der Waals surface area (Å²) >= 11 is 1.62. The number of carbonyl (C=O) groups is 2. The predicted octanol–water partition coefficient (Wildman–Crippen LogP) is 3.53. The van der Waals surface area contributed by atoms with E-state index >= 15 is 0 Å². The number of aryl methyl sites for hydroxylation is 1. The van der Waals surface area contributed by atoms with Gasteiger partial charge in [-0.1, -0.05) is 18.9 Å². The molecule has 1 fully saturated rings. The number of benzene rings is 1. The number of nitrogens with zero attached hydrogens (tertiary/aromatic N) is 1. The van der Waals surface area contributed by atoms with Crippen molar-refractivity contribution in [1.29, 1.82) is 0 Å². The molecule has 0 unspecified atom stereocenters. The smallest absolute Gasteiger partial charge is 0.313 e. The Kier molecular flexibility index (Phi) is 5.55. The molecule has 1 aromatic heterocycles. The van der Waals surface area contributed by atoms with E-state index in [0.717, 1.165) is 25.7 Å². The molecule has 0 atom stereocenters. The highest BCUT2D eigenvalue weighted by Crippen LogP contribution is 2.41. The second-order valence-electron chi connectivity index (χ2n) is 6.91. The Morgan fingerprint density at radius 2 is 1.96 bits per heavy atom. The fourth-order valence-corrected chi connectivity index (χ4v) is 4.37. The summed E-state index contributed by atoms with van der Waals surface area (Å²) in [6.45, 7) is 2.10. The number of nitro groups is 1. The van der Waals surface area contributed by atoms with E-state index in [1.807, 2.05) is 5.38 Å². The standard InChI is InChI=1S/C19H21N3O4S/c1-13-4-5-15(16(10-13)22(25)26)21-18(24)17(23)20-12-19(7-2-3-8-19)14-6-9-27-11-14/h4-6,9-11H,2-3,7-8,12H2,1H3,(H,20,23)(H,21,24). The molecule has 1 aromatic carbocycles. The lowest BCUT2D eigenvalue weighted by Gasteiger charge is -2.28. The minimum absolute atomic E-state index is 0.0131. The van der Waals surface area contributed by atoms with Gasteiger partial charge in [-0.2, -0.15) is 11.3 Å². The average molecular weight is 387 g/mol. The number of carbonyl (C=O) groups excluding carboxylic acids is 2. The lowest BCUT2D eigenvalue weighted by Crippen LogP contribution is -2.43. The van der Waals surface area contributed by atoms with Crippen LogP contribution in [0.1, 0.15) is 36.8 Å². The van der Waals surface area contributed by atoms with Crippen molar-refractivity contribution in [3.63, 3.8) is 0 Å². The molecule has 7 nitrogen and oxygen atoms in total. The summed E-state index contributed by atoms with van der Waals surface area (Å²) < 4.78 is 0. The van der Waals surface area contributed by atoms with E-state index in [-0.39, 0.29) is 16.8 Å². The number of amides is 2. The van der Waals surface area contributed by atoms with E-state index in [9.17, 15) is 19.7 Å². The van der Waals surface area contributed by atoms with Crippen LogP contribution in [-0.2, 0) is 15.0 Å². The summed E-state index contributed by atoms with van der Waals surface area (Å²) in [4.78, 5) is 35.1. The van der Waals surface area contributed by atoms with Gasteiger partial charge in [0.2, 0.25) is 0 Å². The molecule has 0 radical (unpaired) electrons. The van der Waals surface area contributed by atoms with Crippen LogP contribution in [0.4, 0.5) is 11.4 Å². The van der Waals surface area contributed by atoms with Gasteiger partial charge in [-0.05, 0) is 53.8 Å². The maximum atomic E-state index is 12.3. The normalized spacial score (nSPS) is 15.3. The van der Waals surface area contributed by atoms with Crippen molar-refractivity contribution in [2.24, 2.45) is 0 Å². The van der Waals surface area contributed by atoms with Crippen LogP contribution in [0.3, 0.4) is 0 Å². The fourth-order valence-electron chi connectivity index (χ4n) is 3.59. The molecule has 2 aromatic rings. The Morgan fingerprint density at radius 3 is 2.59 bits per heavy atom. The van der Waals surface area contributed by atoms with Crippen LogP contribution in [-0.4, -0.2) is 23.3 Å². The average Bonchev–Trinajstić information content (AvgIpc) is 3.33. The molecule has 1 heterocycles. The molecule has 8 heteroatoms. The van der Waals surface area contributed by atoms with Crippen molar-refractivity contribution in [1.82, 2.24) is 5.32 Å². The van der Waals surface area contributed by atoms with Crippen LogP contribution in [0.15, 0.2) is 35.0 Å². The van der Waals surface area contributed by atoms with Crippen LogP contribution in [0.25, 0.3) is 0 Å². The molecule has 1 saturated carbocycles. The molecular weight excluding hydrogens is 366 g/mol. The molecule has 1 aliphatic rings. The first-order chi connectivity index (χ1) is 12.9. The Hall–Kier alpha value is -2.74. The van der Waals surface area contributed by atoms with Crippen molar-refractivity contribution in [3.8, 4) is 0 Å². The molecule has 0 saturated heterocycles. The van der Waals surface area contributed by atoms with Crippen molar-refractivity contribution < 1.29 is 14.5 Å². The predicted molar refractivity (Wildman–Crippen MR) is 104 cm³/mol. The third kappa shape index (κ3) is 4.16. The van der Waals surface area contributed by atoms with E-state index < -0.39 is 16.7 Å². The number of hydrogen-bond acceptors (Lipinski definition) is 5. The van der Waals surface area contributed by atoms with Gasteiger partial charge < -0.3 is 10.6 Å². The van der Waals surface area contributed by atoms with Crippen molar-refractivity contribution >= 4 is 34.5 Å². The third-order valence-electron chi connectivity index (χ3n) is 5.09. The maximum Gasteiger partial charge on any atom is 0.313 e. The van der Waals surface area contributed by atoms with E-state index in [0.29, 0.717) is 12.1 Å². The molecule has 2 N–H and O–H groups in total. The minimum Gasteiger partial charge on any atom is -0.347 e. The maximum absolute atomic E-state index is 12.3. The summed E-state index contributed by atoms with van der Waals surface area (Å²) in [6.07, 6.45) is 4.12. The van der Waals surface area contributed by atoms with Gasteiger partial charge in [-0.25, -0.2) is 0 Å². The molecule has 2 amide bonds.